The highest BCUT2D eigenvalue weighted by Gasteiger charge is 2.34. The van der Waals surface area contributed by atoms with Gasteiger partial charge < -0.3 is 10.2 Å². The zero-order valence-corrected chi connectivity index (χ0v) is 12.8. The smallest absolute Gasteiger partial charge is 0.325 e. The summed E-state index contributed by atoms with van der Waals surface area (Å²) in [6.45, 7) is 4.94. The lowest BCUT2D eigenvalue weighted by atomic mass is 9.93. The number of halogens is 3. The van der Waals surface area contributed by atoms with Crippen molar-refractivity contribution in [1.29, 1.82) is 0 Å². The van der Waals surface area contributed by atoms with E-state index in [9.17, 15) is 18.0 Å². The Bertz CT molecular complexity index is 537. The van der Waals surface area contributed by atoms with Crippen LogP contribution in [-0.4, -0.2) is 24.0 Å². The lowest BCUT2D eigenvalue weighted by molar-refractivity contribution is -0.138. The lowest BCUT2D eigenvalue weighted by Gasteiger charge is -2.20. The third-order valence-electron chi connectivity index (χ3n) is 4.15. The minimum Gasteiger partial charge on any atom is -0.325 e. The van der Waals surface area contributed by atoms with Crippen molar-refractivity contribution in [2.75, 3.05) is 18.4 Å². The monoisotopic (exact) mass is 314 g/mol. The summed E-state index contributed by atoms with van der Waals surface area (Å²) in [7, 11) is 0. The molecule has 1 atom stereocenters. The summed E-state index contributed by atoms with van der Waals surface area (Å²) in [6.07, 6.45) is -1.92. The standard InChI is InChI=1S/C16H21F3N2O/c1-3-11(2)13-7-6-12(10-14(13)16(17,18)19)20-15(22)21-8-4-5-9-21/h6-7,10-11H,3-5,8-9H2,1-2H3,(H,20,22). The molecule has 1 aliphatic heterocycles. The van der Waals surface area contributed by atoms with Gasteiger partial charge in [0.2, 0.25) is 0 Å². The molecule has 0 radical (unpaired) electrons. The maximum absolute atomic E-state index is 13.2. The minimum atomic E-state index is -4.42. The first-order chi connectivity index (χ1) is 10.3. The van der Waals surface area contributed by atoms with Gasteiger partial charge in [0.05, 0.1) is 5.56 Å². The van der Waals surface area contributed by atoms with Crippen molar-refractivity contribution in [2.24, 2.45) is 0 Å². The van der Waals surface area contributed by atoms with Gasteiger partial charge in [-0.2, -0.15) is 13.2 Å². The van der Waals surface area contributed by atoms with E-state index in [2.05, 4.69) is 5.32 Å². The van der Waals surface area contributed by atoms with E-state index in [1.54, 1.807) is 17.9 Å². The van der Waals surface area contributed by atoms with Gasteiger partial charge in [0.25, 0.3) is 0 Å². The minimum absolute atomic E-state index is 0.181. The Labute approximate surface area is 128 Å². The zero-order chi connectivity index (χ0) is 16.3. The summed E-state index contributed by atoms with van der Waals surface area (Å²) >= 11 is 0. The second-order valence-corrected chi connectivity index (χ2v) is 5.73. The number of anilines is 1. The molecule has 1 aromatic carbocycles. The molecule has 6 heteroatoms. The number of nitrogens with one attached hydrogen (secondary N) is 1. The maximum atomic E-state index is 13.2. The van der Waals surface area contributed by atoms with Crippen LogP contribution in [0.2, 0.25) is 0 Å². The Hall–Kier alpha value is -1.72. The number of nitrogens with zero attached hydrogens (tertiary/aromatic N) is 1. The van der Waals surface area contributed by atoms with E-state index in [1.165, 1.54) is 6.07 Å². The second kappa shape index (κ2) is 6.58. The number of likely N-dealkylation sites (tertiary alicyclic amines) is 1. The van der Waals surface area contributed by atoms with Gasteiger partial charge in [-0.15, -0.1) is 0 Å². The van der Waals surface area contributed by atoms with E-state index in [-0.39, 0.29) is 23.2 Å². The van der Waals surface area contributed by atoms with E-state index in [0.717, 1.165) is 18.9 Å². The lowest BCUT2D eigenvalue weighted by Crippen LogP contribution is -2.32. The number of benzene rings is 1. The van der Waals surface area contributed by atoms with Crippen molar-refractivity contribution in [1.82, 2.24) is 4.90 Å². The fourth-order valence-electron chi connectivity index (χ4n) is 2.65. The molecule has 0 spiro atoms. The number of carbonyl (C=O) groups is 1. The van der Waals surface area contributed by atoms with Crippen LogP contribution in [0.1, 0.15) is 50.2 Å². The van der Waals surface area contributed by atoms with Crippen LogP contribution in [0.3, 0.4) is 0 Å². The molecular formula is C16H21F3N2O. The van der Waals surface area contributed by atoms with Crippen molar-refractivity contribution in [2.45, 2.75) is 45.2 Å². The summed E-state index contributed by atoms with van der Waals surface area (Å²) in [5, 5.41) is 2.57. The van der Waals surface area contributed by atoms with Crippen LogP contribution in [0.5, 0.6) is 0 Å². The van der Waals surface area contributed by atoms with Gasteiger partial charge in [-0.05, 0) is 42.9 Å². The number of rotatable bonds is 3. The van der Waals surface area contributed by atoms with Gasteiger partial charge in [0.15, 0.2) is 0 Å². The highest BCUT2D eigenvalue weighted by atomic mass is 19.4. The number of amides is 2. The number of urea groups is 1. The van der Waals surface area contributed by atoms with E-state index < -0.39 is 11.7 Å². The van der Waals surface area contributed by atoms with Crippen LogP contribution in [0, 0.1) is 0 Å². The normalized spacial score (nSPS) is 16.7. The van der Waals surface area contributed by atoms with Gasteiger partial charge in [-0.3, -0.25) is 0 Å². The third-order valence-corrected chi connectivity index (χ3v) is 4.15. The zero-order valence-electron chi connectivity index (χ0n) is 12.8. The average molecular weight is 314 g/mol. The summed E-state index contributed by atoms with van der Waals surface area (Å²) in [6, 6.07) is 3.72. The summed E-state index contributed by atoms with van der Waals surface area (Å²) < 4.78 is 39.7. The fraction of sp³-hybridized carbons (Fsp3) is 0.562. The summed E-state index contributed by atoms with van der Waals surface area (Å²) in [5.74, 6) is -0.181. The highest BCUT2D eigenvalue weighted by Crippen LogP contribution is 2.37. The van der Waals surface area contributed by atoms with Gasteiger partial charge in [0.1, 0.15) is 0 Å². The van der Waals surface area contributed by atoms with Crippen molar-refractivity contribution in [3.8, 4) is 0 Å². The van der Waals surface area contributed by atoms with Gasteiger partial charge in [-0.1, -0.05) is 19.9 Å². The summed E-state index contributed by atoms with van der Waals surface area (Å²) in [5.41, 5.74) is -0.202. The predicted octanol–water partition coefficient (Wildman–Crippen LogP) is 4.85. The molecule has 0 saturated carbocycles. The van der Waals surface area contributed by atoms with Crippen molar-refractivity contribution in [3.05, 3.63) is 29.3 Å². The van der Waals surface area contributed by atoms with Crippen molar-refractivity contribution >= 4 is 11.7 Å². The van der Waals surface area contributed by atoms with Crippen molar-refractivity contribution in [3.63, 3.8) is 0 Å². The molecule has 0 aromatic heterocycles. The highest BCUT2D eigenvalue weighted by molar-refractivity contribution is 5.89. The first-order valence-corrected chi connectivity index (χ1v) is 7.60. The van der Waals surface area contributed by atoms with Crippen LogP contribution in [0.25, 0.3) is 0 Å². The summed E-state index contributed by atoms with van der Waals surface area (Å²) in [4.78, 5) is 13.6. The van der Waals surface area contributed by atoms with E-state index in [0.29, 0.717) is 19.5 Å². The molecule has 1 aromatic rings. The van der Waals surface area contributed by atoms with Crippen LogP contribution in [0.15, 0.2) is 18.2 Å². The molecule has 0 aliphatic carbocycles. The predicted molar refractivity (Wildman–Crippen MR) is 80.0 cm³/mol. The Morgan fingerprint density at radius 1 is 1.32 bits per heavy atom. The van der Waals surface area contributed by atoms with Crippen LogP contribution < -0.4 is 5.32 Å². The topological polar surface area (TPSA) is 32.3 Å². The van der Waals surface area contributed by atoms with Crippen LogP contribution in [-0.2, 0) is 6.18 Å². The Balaban J connectivity index is 2.24. The van der Waals surface area contributed by atoms with E-state index in [4.69, 9.17) is 0 Å². The molecule has 2 rings (SSSR count). The number of hydrogen-bond donors (Lipinski definition) is 1. The molecule has 1 aliphatic rings. The number of alkyl halides is 3. The van der Waals surface area contributed by atoms with E-state index >= 15 is 0 Å². The van der Waals surface area contributed by atoms with Crippen LogP contribution in [0.4, 0.5) is 23.7 Å². The first-order valence-electron chi connectivity index (χ1n) is 7.60. The molecule has 1 saturated heterocycles. The van der Waals surface area contributed by atoms with Crippen LogP contribution >= 0.6 is 0 Å². The largest absolute Gasteiger partial charge is 0.416 e. The van der Waals surface area contributed by atoms with E-state index in [1.807, 2.05) is 6.92 Å². The molecule has 1 fully saturated rings. The molecule has 1 N–H and O–H groups in total. The second-order valence-electron chi connectivity index (χ2n) is 5.73. The number of carbonyl (C=O) groups excluding carboxylic acids is 1. The Morgan fingerprint density at radius 3 is 2.50 bits per heavy atom. The van der Waals surface area contributed by atoms with Gasteiger partial charge >= 0.3 is 12.2 Å². The number of hydrogen-bond acceptors (Lipinski definition) is 1. The molecule has 1 unspecified atom stereocenters. The molecule has 0 bridgehead atoms. The maximum Gasteiger partial charge on any atom is 0.416 e. The van der Waals surface area contributed by atoms with Gasteiger partial charge in [0, 0.05) is 18.8 Å². The Kier molecular flexibility index (Phi) is 4.98. The molecule has 2 amide bonds. The fourth-order valence-corrected chi connectivity index (χ4v) is 2.65. The Morgan fingerprint density at radius 2 is 1.95 bits per heavy atom. The van der Waals surface area contributed by atoms with Gasteiger partial charge in [-0.25, -0.2) is 4.79 Å². The first kappa shape index (κ1) is 16.6. The molecule has 3 nitrogen and oxygen atoms in total. The average Bonchev–Trinajstić information content (AvgIpc) is 2.99. The molecule has 22 heavy (non-hydrogen) atoms. The quantitative estimate of drug-likeness (QED) is 0.850. The SMILES string of the molecule is CCC(C)c1ccc(NC(=O)N2CCCC2)cc1C(F)(F)F. The molecule has 1 heterocycles. The molecular weight excluding hydrogens is 293 g/mol. The third kappa shape index (κ3) is 3.72. The van der Waals surface area contributed by atoms with Crippen molar-refractivity contribution < 1.29 is 18.0 Å². The molecule has 122 valence electrons.